The Morgan fingerprint density at radius 3 is 2.80 bits per heavy atom. The number of benzene rings is 1. The quantitative estimate of drug-likeness (QED) is 0.785. The second-order valence-corrected chi connectivity index (χ2v) is 4.88. The van der Waals surface area contributed by atoms with Gasteiger partial charge < -0.3 is 9.84 Å². The fourth-order valence-corrected chi connectivity index (χ4v) is 1.91. The molecule has 20 heavy (non-hydrogen) atoms. The molecule has 0 bridgehead atoms. The van der Waals surface area contributed by atoms with Crippen LogP contribution < -0.4 is 0 Å². The number of hydrogen-bond acceptors (Lipinski definition) is 5. The van der Waals surface area contributed by atoms with Crippen LogP contribution in [0, 0.1) is 0 Å². The van der Waals surface area contributed by atoms with Gasteiger partial charge in [-0.15, -0.1) is 10.2 Å². The summed E-state index contributed by atoms with van der Waals surface area (Å²) in [5, 5.41) is 21.7. The summed E-state index contributed by atoms with van der Waals surface area (Å²) in [6, 6.07) is 5.40. The molecule has 0 saturated heterocycles. The van der Waals surface area contributed by atoms with E-state index in [9.17, 15) is 0 Å². The van der Waals surface area contributed by atoms with E-state index >= 15 is 0 Å². The summed E-state index contributed by atoms with van der Waals surface area (Å²) < 4.78 is 5.13. The Hall–Kier alpha value is -1.21. The van der Waals surface area contributed by atoms with Gasteiger partial charge in [0.1, 0.15) is 0 Å². The van der Waals surface area contributed by atoms with Crippen molar-refractivity contribution in [1.29, 1.82) is 0 Å². The van der Waals surface area contributed by atoms with E-state index in [1.165, 1.54) is 4.80 Å². The SMILES string of the molecule is OCCOCCn1nnc(Cc2ccc(Cl)c(Cl)c2)n1. The number of tetrazole rings is 1. The van der Waals surface area contributed by atoms with Crippen LogP contribution in [0.5, 0.6) is 0 Å². The van der Waals surface area contributed by atoms with Crippen LogP contribution in [-0.2, 0) is 17.7 Å². The summed E-state index contributed by atoms with van der Waals surface area (Å²) in [4.78, 5) is 1.46. The van der Waals surface area contributed by atoms with E-state index < -0.39 is 0 Å². The summed E-state index contributed by atoms with van der Waals surface area (Å²) in [7, 11) is 0. The minimum absolute atomic E-state index is 0.00730. The molecule has 1 aromatic heterocycles. The van der Waals surface area contributed by atoms with Crippen LogP contribution in [0.4, 0.5) is 0 Å². The average molecular weight is 317 g/mol. The second kappa shape index (κ2) is 7.54. The molecule has 0 aliphatic heterocycles. The van der Waals surface area contributed by atoms with Crippen LogP contribution in [0.3, 0.4) is 0 Å². The van der Waals surface area contributed by atoms with Gasteiger partial charge in [-0.1, -0.05) is 29.3 Å². The van der Waals surface area contributed by atoms with Gasteiger partial charge in [-0.3, -0.25) is 0 Å². The van der Waals surface area contributed by atoms with Crippen LogP contribution in [0.15, 0.2) is 18.2 Å². The summed E-state index contributed by atoms with van der Waals surface area (Å²) >= 11 is 11.8. The molecule has 0 saturated carbocycles. The number of aliphatic hydroxyl groups is 1. The van der Waals surface area contributed by atoms with E-state index in [4.69, 9.17) is 33.0 Å². The summed E-state index contributed by atoms with van der Waals surface area (Å²) in [5.41, 5.74) is 0.968. The number of hydrogen-bond donors (Lipinski definition) is 1. The first-order valence-corrected chi connectivity index (χ1v) is 6.84. The van der Waals surface area contributed by atoms with Crippen molar-refractivity contribution in [1.82, 2.24) is 20.2 Å². The minimum atomic E-state index is 0.00730. The molecule has 0 radical (unpaired) electrons. The third kappa shape index (κ3) is 4.42. The molecule has 0 fully saturated rings. The predicted molar refractivity (Wildman–Crippen MR) is 75.0 cm³/mol. The molecule has 2 rings (SSSR count). The van der Waals surface area contributed by atoms with Gasteiger partial charge in [-0.2, -0.15) is 4.80 Å². The molecule has 0 atom stereocenters. The maximum absolute atomic E-state index is 8.58. The van der Waals surface area contributed by atoms with Crippen molar-refractivity contribution >= 4 is 23.2 Å². The maximum Gasteiger partial charge on any atom is 0.179 e. The standard InChI is InChI=1S/C12H14Cl2N4O2/c13-10-2-1-9(7-11(10)14)8-12-15-17-18(16-12)3-5-20-6-4-19/h1-2,7,19H,3-6,8H2. The van der Waals surface area contributed by atoms with E-state index in [1.807, 2.05) is 6.07 Å². The van der Waals surface area contributed by atoms with E-state index in [0.717, 1.165) is 5.56 Å². The highest BCUT2D eigenvalue weighted by Crippen LogP contribution is 2.23. The molecule has 8 heteroatoms. The zero-order valence-electron chi connectivity index (χ0n) is 10.7. The summed E-state index contributed by atoms with van der Waals surface area (Å²) in [6.07, 6.45) is 0.536. The largest absolute Gasteiger partial charge is 0.394 e. The highest BCUT2D eigenvalue weighted by Gasteiger charge is 2.06. The van der Waals surface area contributed by atoms with Crippen molar-refractivity contribution in [2.45, 2.75) is 13.0 Å². The molecule has 0 amide bonds. The predicted octanol–water partition coefficient (Wildman–Crippen LogP) is 1.58. The molecule has 0 spiro atoms. The Bertz CT molecular complexity index is 562. The lowest BCUT2D eigenvalue weighted by molar-refractivity contribution is 0.0831. The number of ether oxygens (including phenoxy) is 1. The molecular formula is C12H14Cl2N4O2. The van der Waals surface area contributed by atoms with Crippen LogP contribution in [-0.4, -0.2) is 45.1 Å². The topological polar surface area (TPSA) is 73.1 Å². The highest BCUT2D eigenvalue weighted by molar-refractivity contribution is 6.42. The number of rotatable bonds is 7. The second-order valence-electron chi connectivity index (χ2n) is 4.06. The van der Waals surface area contributed by atoms with Gasteiger partial charge in [0.15, 0.2) is 5.82 Å². The van der Waals surface area contributed by atoms with Crippen molar-refractivity contribution in [3.05, 3.63) is 39.6 Å². The van der Waals surface area contributed by atoms with Gasteiger partial charge in [-0.25, -0.2) is 0 Å². The van der Waals surface area contributed by atoms with Crippen LogP contribution in [0.25, 0.3) is 0 Å². The normalized spacial score (nSPS) is 10.9. The van der Waals surface area contributed by atoms with E-state index in [2.05, 4.69) is 15.4 Å². The Labute approximate surface area is 126 Å². The van der Waals surface area contributed by atoms with Crippen molar-refractivity contribution in [2.75, 3.05) is 19.8 Å². The van der Waals surface area contributed by atoms with Gasteiger partial charge in [0, 0.05) is 6.42 Å². The van der Waals surface area contributed by atoms with E-state index in [0.29, 0.717) is 42.0 Å². The highest BCUT2D eigenvalue weighted by atomic mass is 35.5. The third-order valence-electron chi connectivity index (χ3n) is 2.51. The molecule has 0 unspecified atom stereocenters. The van der Waals surface area contributed by atoms with Crippen molar-refractivity contribution in [3.8, 4) is 0 Å². The Kier molecular flexibility index (Phi) is 5.72. The smallest absolute Gasteiger partial charge is 0.179 e. The van der Waals surface area contributed by atoms with E-state index in [-0.39, 0.29) is 6.61 Å². The fraction of sp³-hybridized carbons (Fsp3) is 0.417. The Morgan fingerprint density at radius 1 is 1.20 bits per heavy atom. The lowest BCUT2D eigenvalue weighted by Gasteiger charge is -2.01. The van der Waals surface area contributed by atoms with Gasteiger partial charge in [0.05, 0.1) is 36.4 Å². The lowest BCUT2D eigenvalue weighted by atomic mass is 10.1. The lowest BCUT2D eigenvalue weighted by Crippen LogP contribution is -2.11. The van der Waals surface area contributed by atoms with Gasteiger partial charge in [-0.05, 0) is 22.9 Å². The maximum atomic E-state index is 8.58. The van der Waals surface area contributed by atoms with Crippen LogP contribution in [0.1, 0.15) is 11.4 Å². The fourth-order valence-electron chi connectivity index (χ4n) is 1.59. The monoisotopic (exact) mass is 316 g/mol. The average Bonchev–Trinajstić information content (AvgIpc) is 2.87. The molecule has 1 heterocycles. The van der Waals surface area contributed by atoms with Crippen LogP contribution in [0.2, 0.25) is 10.0 Å². The summed E-state index contributed by atoms with van der Waals surface area (Å²) in [5.74, 6) is 0.602. The van der Waals surface area contributed by atoms with Gasteiger partial charge >= 0.3 is 0 Å². The molecule has 6 nitrogen and oxygen atoms in total. The first-order valence-electron chi connectivity index (χ1n) is 6.08. The third-order valence-corrected chi connectivity index (χ3v) is 3.25. The zero-order valence-corrected chi connectivity index (χ0v) is 12.2. The molecule has 0 aliphatic rings. The molecular weight excluding hydrogens is 303 g/mol. The number of halogens is 2. The summed E-state index contributed by atoms with van der Waals surface area (Å²) in [6.45, 7) is 1.25. The van der Waals surface area contributed by atoms with Gasteiger partial charge in [0.2, 0.25) is 0 Å². The number of aliphatic hydroxyl groups excluding tert-OH is 1. The van der Waals surface area contributed by atoms with E-state index in [1.54, 1.807) is 12.1 Å². The Balaban J connectivity index is 1.90. The van der Waals surface area contributed by atoms with Gasteiger partial charge in [0.25, 0.3) is 0 Å². The molecule has 1 aromatic carbocycles. The van der Waals surface area contributed by atoms with Crippen molar-refractivity contribution in [3.63, 3.8) is 0 Å². The number of aromatic nitrogens is 4. The molecule has 1 N–H and O–H groups in total. The Morgan fingerprint density at radius 2 is 2.05 bits per heavy atom. The molecule has 108 valence electrons. The first-order chi connectivity index (χ1) is 9.69. The first kappa shape index (κ1) is 15.2. The number of nitrogens with zero attached hydrogens (tertiary/aromatic N) is 4. The van der Waals surface area contributed by atoms with Crippen molar-refractivity contribution < 1.29 is 9.84 Å². The van der Waals surface area contributed by atoms with Crippen molar-refractivity contribution in [2.24, 2.45) is 0 Å². The molecule has 0 aliphatic carbocycles. The minimum Gasteiger partial charge on any atom is -0.394 e. The molecule has 2 aromatic rings. The zero-order chi connectivity index (χ0) is 14.4. The van der Waals surface area contributed by atoms with Crippen LogP contribution >= 0.6 is 23.2 Å².